The van der Waals surface area contributed by atoms with Crippen molar-refractivity contribution in [2.24, 2.45) is 0 Å². The maximum Gasteiger partial charge on any atom is 0.131 e. The van der Waals surface area contributed by atoms with Gasteiger partial charge in [-0.1, -0.05) is 0 Å². The van der Waals surface area contributed by atoms with Crippen molar-refractivity contribution in [3.8, 4) is 0 Å². The lowest BCUT2D eigenvalue weighted by Crippen LogP contribution is -2.29. The molecule has 1 fully saturated rings. The summed E-state index contributed by atoms with van der Waals surface area (Å²) >= 11 is 0. The molecule has 1 aromatic rings. The summed E-state index contributed by atoms with van der Waals surface area (Å²) in [6, 6.07) is 2.92. The zero-order valence-corrected chi connectivity index (χ0v) is 11.5. The number of hydrogen-bond donors (Lipinski definition) is 3. The van der Waals surface area contributed by atoms with E-state index in [4.69, 9.17) is 0 Å². The average Bonchev–Trinajstić information content (AvgIpc) is 2.77. The van der Waals surface area contributed by atoms with Crippen LogP contribution in [0.2, 0.25) is 0 Å². The van der Waals surface area contributed by atoms with Crippen LogP contribution in [0.25, 0.3) is 0 Å². The van der Waals surface area contributed by atoms with Crippen molar-refractivity contribution in [1.82, 2.24) is 15.3 Å². The van der Waals surface area contributed by atoms with Crippen LogP contribution in [0.3, 0.4) is 0 Å². The van der Waals surface area contributed by atoms with Crippen molar-refractivity contribution in [2.75, 3.05) is 23.7 Å². The first-order valence-electron chi connectivity index (χ1n) is 6.73. The number of nitrogens with one attached hydrogen (secondary N) is 3. The highest BCUT2D eigenvalue weighted by atomic mass is 15.1. The quantitative estimate of drug-likeness (QED) is 0.742. The first kappa shape index (κ1) is 13.1. The molecular formula is C13H23N5. The maximum absolute atomic E-state index is 4.41. The molecule has 0 bridgehead atoms. The average molecular weight is 249 g/mol. The summed E-state index contributed by atoms with van der Waals surface area (Å²) in [7, 11) is 0. The molecule has 0 amide bonds. The topological polar surface area (TPSA) is 61.9 Å². The summed E-state index contributed by atoms with van der Waals surface area (Å²) in [6.45, 7) is 8.19. The van der Waals surface area contributed by atoms with Crippen LogP contribution in [-0.2, 0) is 0 Å². The summed E-state index contributed by atoms with van der Waals surface area (Å²) in [5, 5.41) is 10.2. The number of hydrogen-bond acceptors (Lipinski definition) is 5. The highest BCUT2D eigenvalue weighted by molar-refractivity contribution is 5.48. The van der Waals surface area contributed by atoms with Crippen LogP contribution in [0.4, 0.5) is 11.6 Å². The van der Waals surface area contributed by atoms with Crippen LogP contribution in [0.1, 0.15) is 32.5 Å². The van der Waals surface area contributed by atoms with Gasteiger partial charge in [-0.3, -0.25) is 0 Å². The molecule has 2 heterocycles. The van der Waals surface area contributed by atoms with Crippen LogP contribution in [0.15, 0.2) is 6.07 Å². The second-order valence-corrected chi connectivity index (χ2v) is 5.16. The molecule has 5 heteroatoms. The smallest absolute Gasteiger partial charge is 0.131 e. The molecule has 1 atom stereocenters. The highest BCUT2D eigenvalue weighted by Crippen LogP contribution is 2.13. The largest absolute Gasteiger partial charge is 0.368 e. The SMILES string of the molecule is Cc1nc(NCC2CCCN2)cc(NC(C)C)n1. The summed E-state index contributed by atoms with van der Waals surface area (Å²) in [6.07, 6.45) is 2.52. The molecule has 2 rings (SSSR count). The lowest BCUT2D eigenvalue weighted by Gasteiger charge is -2.14. The fraction of sp³-hybridized carbons (Fsp3) is 0.692. The van der Waals surface area contributed by atoms with Crippen molar-refractivity contribution in [3.05, 3.63) is 11.9 Å². The van der Waals surface area contributed by atoms with E-state index in [1.165, 1.54) is 12.8 Å². The molecular weight excluding hydrogens is 226 g/mol. The Balaban J connectivity index is 1.96. The molecule has 1 aliphatic heterocycles. The third-order valence-electron chi connectivity index (χ3n) is 2.97. The fourth-order valence-corrected chi connectivity index (χ4v) is 2.19. The molecule has 5 nitrogen and oxygen atoms in total. The minimum atomic E-state index is 0.378. The third-order valence-corrected chi connectivity index (χ3v) is 2.97. The number of anilines is 2. The molecule has 18 heavy (non-hydrogen) atoms. The predicted octanol–water partition coefficient (Wildman–Crippen LogP) is 1.77. The monoisotopic (exact) mass is 249 g/mol. The van der Waals surface area contributed by atoms with Gasteiger partial charge in [0.25, 0.3) is 0 Å². The van der Waals surface area contributed by atoms with Gasteiger partial charge in [-0.15, -0.1) is 0 Å². The van der Waals surface area contributed by atoms with Crippen molar-refractivity contribution >= 4 is 11.6 Å². The van der Waals surface area contributed by atoms with Gasteiger partial charge >= 0.3 is 0 Å². The first-order valence-corrected chi connectivity index (χ1v) is 6.73. The Hall–Kier alpha value is -1.36. The lowest BCUT2D eigenvalue weighted by atomic mass is 10.2. The Kier molecular flexibility index (Phi) is 4.36. The van der Waals surface area contributed by atoms with Gasteiger partial charge in [-0.05, 0) is 40.2 Å². The van der Waals surface area contributed by atoms with E-state index >= 15 is 0 Å². The van der Waals surface area contributed by atoms with E-state index in [1.54, 1.807) is 0 Å². The van der Waals surface area contributed by atoms with Gasteiger partial charge in [0.05, 0.1) is 0 Å². The second kappa shape index (κ2) is 6.00. The molecule has 100 valence electrons. The molecule has 0 aromatic carbocycles. The Bertz CT molecular complexity index is 385. The Morgan fingerprint density at radius 1 is 1.39 bits per heavy atom. The van der Waals surface area contributed by atoms with Gasteiger partial charge in [0.1, 0.15) is 17.5 Å². The van der Waals surface area contributed by atoms with E-state index in [9.17, 15) is 0 Å². The summed E-state index contributed by atoms with van der Waals surface area (Å²) in [5.74, 6) is 2.58. The van der Waals surface area contributed by atoms with Gasteiger partial charge in [0.15, 0.2) is 0 Å². The van der Waals surface area contributed by atoms with E-state index in [-0.39, 0.29) is 0 Å². The molecule has 3 N–H and O–H groups in total. The van der Waals surface area contributed by atoms with Crippen molar-refractivity contribution in [2.45, 2.75) is 45.7 Å². The first-order chi connectivity index (χ1) is 8.63. The second-order valence-electron chi connectivity index (χ2n) is 5.16. The van der Waals surface area contributed by atoms with Gasteiger partial charge in [0.2, 0.25) is 0 Å². The van der Waals surface area contributed by atoms with Gasteiger partial charge < -0.3 is 16.0 Å². The summed E-state index contributed by atoms with van der Waals surface area (Å²) in [5.41, 5.74) is 0. The Morgan fingerprint density at radius 3 is 2.83 bits per heavy atom. The molecule has 0 saturated carbocycles. The van der Waals surface area contributed by atoms with Crippen LogP contribution in [0, 0.1) is 6.92 Å². The molecule has 1 aliphatic rings. The molecule has 1 aromatic heterocycles. The predicted molar refractivity (Wildman–Crippen MR) is 75.0 cm³/mol. The van der Waals surface area contributed by atoms with Crippen molar-refractivity contribution < 1.29 is 0 Å². The molecule has 0 spiro atoms. The van der Waals surface area contributed by atoms with Gasteiger partial charge in [-0.25, -0.2) is 9.97 Å². The summed E-state index contributed by atoms with van der Waals surface area (Å²) in [4.78, 5) is 8.79. The maximum atomic E-state index is 4.41. The number of aryl methyl sites for hydroxylation is 1. The lowest BCUT2D eigenvalue weighted by molar-refractivity contribution is 0.632. The van der Waals surface area contributed by atoms with E-state index in [1.807, 2.05) is 13.0 Å². The Labute approximate surface area is 109 Å². The zero-order chi connectivity index (χ0) is 13.0. The van der Waals surface area contributed by atoms with E-state index in [0.717, 1.165) is 30.5 Å². The molecule has 1 unspecified atom stereocenters. The van der Waals surface area contributed by atoms with Crippen LogP contribution < -0.4 is 16.0 Å². The van der Waals surface area contributed by atoms with E-state index in [0.29, 0.717) is 12.1 Å². The fourth-order valence-electron chi connectivity index (χ4n) is 2.19. The number of nitrogens with zero attached hydrogens (tertiary/aromatic N) is 2. The van der Waals surface area contributed by atoms with Crippen molar-refractivity contribution in [1.29, 1.82) is 0 Å². The minimum Gasteiger partial charge on any atom is -0.368 e. The zero-order valence-electron chi connectivity index (χ0n) is 11.5. The minimum absolute atomic E-state index is 0.378. The van der Waals surface area contributed by atoms with E-state index in [2.05, 4.69) is 39.8 Å². The summed E-state index contributed by atoms with van der Waals surface area (Å²) < 4.78 is 0. The number of aromatic nitrogens is 2. The van der Waals surface area contributed by atoms with Gasteiger partial charge in [0, 0.05) is 24.7 Å². The molecule has 0 radical (unpaired) electrons. The normalized spacial score (nSPS) is 19.2. The van der Waals surface area contributed by atoms with Crippen LogP contribution in [-0.4, -0.2) is 35.1 Å². The Morgan fingerprint density at radius 2 is 2.17 bits per heavy atom. The highest BCUT2D eigenvalue weighted by Gasteiger charge is 2.13. The number of rotatable bonds is 5. The van der Waals surface area contributed by atoms with Gasteiger partial charge in [-0.2, -0.15) is 0 Å². The van der Waals surface area contributed by atoms with Crippen LogP contribution in [0.5, 0.6) is 0 Å². The third kappa shape index (κ3) is 3.84. The van der Waals surface area contributed by atoms with Crippen LogP contribution >= 0.6 is 0 Å². The standard InChI is InChI=1S/C13H23N5/c1-9(2)16-13-7-12(17-10(3)18-13)15-8-11-5-4-6-14-11/h7,9,11,14H,4-6,8H2,1-3H3,(H2,15,16,17,18). The van der Waals surface area contributed by atoms with Crippen molar-refractivity contribution in [3.63, 3.8) is 0 Å². The van der Waals surface area contributed by atoms with E-state index < -0.39 is 0 Å². The molecule has 0 aliphatic carbocycles. The molecule has 1 saturated heterocycles.